The Balaban J connectivity index is 1.95. The van der Waals surface area contributed by atoms with Crippen LogP contribution in [0.3, 0.4) is 0 Å². The number of amides is 1. The van der Waals surface area contributed by atoms with E-state index in [9.17, 15) is 10.1 Å². The van der Waals surface area contributed by atoms with Gasteiger partial charge in [0.2, 0.25) is 0 Å². The van der Waals surface area contributed by atoms with Gasteiger partial charge in [-0.05, 0) is 42.5 Å². The smallest absolute Gasteiger partial charge is 0.259 e. The van der Waals surface area contributed by atoms with E-state index in [2.05, 4.69) is 6.07 Å². The minimum absolute atomic E-state index is 0.0436. The van der Waals surface area contributed by atoms with E-state index in [0.717, 1.165) is 41.6 Å². The summed E-state index contributed by atoms with van der Waals surface area (Å²) in [5.74, 6) is 0.0436. The Bertz CT molecular complexity index is 881. The van der Waals surface area contributed by atoms with E-state index < -0.39 is 11.0 Å². The van der Waals surface area contributed by atoms with Gasteiger partial charge in [0.05, 0.1) is 11.6 Å². The first kappa shape index (κ1) is 12.0. The summed E-state index contributed by atoms with van der Waals surface area (Å²) in [6.07, 6.45) is 2.65. The van der Waals surface area contributed by atoms with Crippen molar-refractivity contribution < 1.29 is 4.79 Å². The van der Waals surface area contributed by atoms with Crippen LogP contribution >= 0.6 is 0 Å². The minimum Gasteiger partial charge on any atom is -0.296 e. The lowest BCUT2D eigenvalue weighted by molar-refractivity contribution is 0.0974. The predicted octanol–water partition coefficient (Wildman–Crippen LogP) is 3.50. The van der Waals surface area contributed by atoms with Gasteiger partial charge in [-0.1, -0.05) is 36.4 Å². The molecular weight excluding hydrogens is 272 g/mol. The van der Waals surface area contributed by atoms with Crippen LogP contribution in [0.1, 0.15) is 40.7 Å². The van der Waals surface area contributed by atoms with Gasteiger partial charge in [-0.3, -0.25) is 9.69 Å². The summed E-state index contributed by atoms with van der Waals surface area (Å²) in [7, 11) is 0. The van der Waals surface area contributed by atoms with Crippen molar-refractivity contribution in [3.05, 3.63) is 65.2 Å². The Morgan fingerprint density at radius 1 is 1.00 bits per heavy atom. The van der Waals surface area contributed by atoms with Crippen LogP contribution in [0.4, 0.5) is 5.69 Å². The summed E-state index contributed by atoms with van der Waals surface area (Å²) in [5.41, 5.74) is 2.64. The molecule has 1 aliphatic carbocycles. The monoisotopic (exact) mass is 286 g/mol. The molecule has 1 fully saturated rings. The van der Waals surface area contributed by atoms with E-state index in [1.807, 2.05) is 53.4 Å². The quantitative estimate of drug-likeness (QED) is 0.744. The van der Waals surface area contributed by atoms with Crippen LogP contribution in [0, 0.1) is 11.3 Å². The molecule has 1 amide bonds. The van der Waals surface area contributed by atoms with Crippen LogP contribution in [-0.2, 0) is 11.0 Å². The lowest BCUT2D eigenvalue weighted by Gasteiger charge is -2.37. The maximum absolute atomic E-state index is 13.1. The standard InChI is InChI=1S/C19H14N2O/c20-12-18-10-5-11-19(18)14-7-2-1-6-13(14)17(22)21(19)16-9-4-3-8-15(16)18/h1-4,6-9H,5,10-11H2/t18-,19-/m0/s1. The summed E-state index contributed by atoms with van der Waals surface area (Å²) in [4.78, 5) is 15.0. The molecule has 106 valence electrons. The third-order valence-corrected chi connectivity index (χ3v) is 5.78. The fourth-order valence-electron chi connectivity index (χ4n) is 5.05. The number of carbonyl (C=O) groups is 1. The Hall–Kier alpha value is -2.60. The van der Waals surface area contributed by atoms with Gasteiger partial charge in [0.25, 0.3) is 5.91 Å². The number of nitrogens with zero attached hydrogens (tertiary/aromatic N) is 2. The van der Waals surface area contributed by atoms with Gasteiger partial charge in [-0.15, -0.1) is 0 Å². The molecule has 2 atom stereocenters. The summed E-state index contributed by atoms with van der Waals surface area (Å²) >= 11 is 0. The molecule has 0 aromatic heterocycles. The summed E-state index contributed by atoms with van der Waals surface area (Å²) in [6, 6.07) is 18.4. The normalized spacial score (nSPS) is 30.5. The molecule has 2 aromatic carbocycles. The van der Waals surface area contributed by atoms with E-state index in [4.69, 9.17) is 0 Å². The van der Waals surface area contributed by atoms with Gasteiger partial charge in [0.1, 0.15) is 5.41 Å². The SMILES string of the molecule is N#C[C@]12CCC[C@]13c1ccccc1C(=O)N3c1ccccc12. The molecule has 0 bridgehead atoms. The topological polar surface area (TPSA) is 44.1 Å². The molecule has 2 aliphatic heterocycles. The van der Waals surface area contributed by atoms with Crippen molar-refractivity contribution in [3.63, 3.8) is 0 Å². The van der Waals surface area contributed by atoms with Crippen LogP contribution in [0.5, 0.6) is 0 Å². The Kier molecular flexibility index (Phi) is 1.96. The van der Waals surface area contributed by atoms with Crippen molar-refractivity contribution >= 4 is 11.6 Å². The third-order valence-electron chi connectivity index (χ3n) is 5.78. The number of rotatable bonds is 0. The van der Waals surface area contributed by atoms with Crippen LogP contribution in [0.25, 0.3) is 0 Å². The second kappa shape index (κ2) is 3.59. The molecule has 0 unspecified atom stereocenters. The zero-order valence-corrected chi connectivity index (χ0v) is 12.0. The molecule has 2 heterocycles. The van der Waals surface area contributed by atoms with Crippen LogP contribution in [0.15, 0.2) is 48.5 Å². The number of para-hydroxylation sites is 1. The maximum atomic E-state index is 13.1. The van der Waals surface area contributed by atoms with E-state index in [1.165, 1.54) is 0 Å². The lowest BCUT2D eigenvalue weighted by Crippen LogP contribution is -2.49. The van der Waals surface area contributed by atoms with E-state index in [-0.39, 0.29) is 5.91 Å². The molecular formula is C19H14N2O. The molecule has 1 saturated carbocycles. The highest BCUT2D eigenvalue weighted by molar-refractivity contribution is 6.14. The zero-order chi connectivity index (χ0) is 14.9. The van der Waals surface area contributed by atoms with Crippen molar-refractivity contribution in [3.8, 4) is 6.07 Å². The molecule has 5 rings (SSSR count). The van der Waals surface area contributed by atoms with Crippen LogP contribution in [-0.4, -0.2) is 5.91 Å². The number of nitriles is 1. The molecule has 3 nitrogen and oxygen atoms in total. The molecule has 0 radical (unpaired) electrons. The molecule has 0 N–H and O–H groups in total. The van der Waals surface area contributed by atoms with Gasteiger partial charge in [-0.25, -0.2) is 0 Å². The van der Waals surface area contributed by atoms with Crippen molar-refractivity contribution in [2.45, 2.75) is 30.2 Å². The predicted molar refractivity (Wildman–Crippen MR) is 82.5 cm³/mol. The first-order valence-electron chi connectivity index (χ1n) is 7.71. The second-order valence-electron chi connectivity index (χ2n) is 6.43. The van der Waals surface area contributed by atoms with Crippen LogP contribution in [0.2, 0.25) is 0 Å². The number of carbonyl (C=O) groups excluding carboxylic acids is 1. The number of anilines is 1. The average molecular weight is 286 g/mol. The first-order valence-corrected chi connectivity index (χ1v) is 7.71. The van der Waals surface area contributed by atoms with Crippen LogP contribution < -0.4 is 4.90 Å². The molecule has 1 spiro atoms. The summed E-state index contributed by atoms with van der Waals surface area (Å²) in [6.45, 7) is 0. The average Bonchev–Trinajstić information content (AvgIpc) is 3.14. The van der Waals surface area contributed by atoms with Crippen molar-refractivity contribution in [1.82, 2.24) is 0 Å². The number of hydrogen-bond donors (Lipinski definition) is 0. The van der Waals surface area contributed by atoms with E-state index >= 15 is 0 Å². The molecule has 3 heteroatoms. The van der Waals surface area contributed by atoms with E-state index in [1.54, 1.807) is 0 Å². The number of hydrogen-bond acceptors (Lipinski definition) is 2. The highest BCUT2D eigenvalue weighted by atomic mass is 16.2. The summed E-state index contributed by atoms with van der Waals surface area (Å²) < 4.78 is 0. The Morgan fingerprint density at radius 2 is 1.73 bits per heavy atom. The van der Waals surface area contributed by atoms with Gasteiger partial charge in [-0.2, -0.15) is 5.26 Å². The molecule has 22 heavy (non-hydrogen) atoms. The van der Waals surface area contributed by atoms with Crippen molar-refractivity contribution in [1.29, 1.82) is 5.26 Å². The lowest BCUT2D eigenvalue weighted by atomic mass is 9.68. The van der Waals surface area contributed by atoms with Crippen molar-refractivity contribution in [2.24, 2.45) is 0 Å². The largest absolute Gasteiger partial charge is 0.296 e. The van der Waals surface area contributed by atoms with Gasteiger partial charge in [0, 0.05) is 11.3 Å². The minimum atomic E-state index is -0.605. The van der Waals surface area contributed by atoms with Gasteiger partial charge in [0.15, 0.2) is 0 Å². The van der Waals surface area contributed by atoms with Crippen molar-refractivity contribution in [2.75, 3.05) is 4.90 Å². The Labute approximate surface area is 128 Å². The molecule has 2 aromatic rings. The Morgan fingerprint density at radius 3 is 2.55 bits per heavy atom. The number of fused-ring (bicyclic) bond motifs is 4. The third kappa shape index (κ3) is 0.972. The van der Waals surface area contributed by atoms with E-state index in [0.29, 0.717) is 0 Å². The highest BCUT2D eigenvalue weighted by Gasteiger charge is 2.70. The zero-order valence-electron chi connectivity index (χ0n) is 12.0. The summed E-state index contributed by atoms with van der Waals surface area (Å²) in [5, 5.41) is 10.1. The van der Waals surface area contributed by atoms with Gasteiger partial charge < -0.3 is 0 Å². The molecule has 3 aliphatic rings. The maximum Gasteiger partial charge on any atom is 0.259 e. The highest BCUT2D eigenvalue weighted by Crippen LogP contribution is 2.67. The van der Waals surface area contributed by atoms with Gasteiger partial charge >= 0.3 is 0 Å². The fourth-order valence-corrected chi connectivity index (χ4v) is 5.05. The molecule has 0 saturated heterocycles. The fraction of sp³-hybridized carbons (Fsp3) is 0.263. The second-order valence-corrected chi connectivity index (χ2v) is 6.43. The number of benzene rings is 2. The first-order chi connectivity index (χ1) is 10.8.